The van der Waals surface area contributed by atoms with E-state index >= 15 is 0 Å². The summed E-state index contributed by atoms with van der Waals surface area (Å²) in [7, 11) is 0. The number of rotatable bonds is 4. The first-order valence-electron chi connectivity index (χ1n) is 5.28. The largest absolute Gasteiger partial charge is 0.381 e. The molecule has 7 nitrogen and oxygen atoms in total. The summed E-state index contributed by atoms with van der Waals surface area (Å²) in [6.45, 7) is 3.63. The molecule has 2 aromatic rings. The van der Waals surface area contributed by atoms with Crippen molar-refractivity contribution in [3.05, 3.63) is 24.1 Å². The summed E-state index contributed by atoms with van der Waals surface area (Å²) in [6, 6.07) is 0. The number of nitrogen functional groups attached to an aromatic ring is 1. The first-order chi connectivity index (χ1) is 8.47. The highest BCUT2D eigenvalue weighted by molar-refractivity contribution is 7.98. The van der Waals surface area contributed by atoms with Gasteiger partial charge in [0.15, 0.2) is 11.6 Å². The lowest BCUT2D eigenvalue weighted by Crippen LogP contribution is -2.30. The van der Waals surface area contributed by atoms with E-state index in [0.29, 0.717) is 28.3 Å². The van der Waals surface area contributed by atoms with Crippen LogP contribution in [-0.4, -0.2) is 20.1 Å². The van der Waals surface area contributed by atoms with Gasteiger partial charge in [0.1, 0.15) is 5.03 Å². The summed E-state index contributed by atoms with van der Waals surface area (Å²) in [5.41, 5.74) is 10.9. The Morgan fingerprint density at radius 2 is 2.06 bits per heavy atom. The van der Waals surface area contributed by atoms with Crippen LogP contribution in [0.5, 0.6) is 0 Å². The van der Waals surface area contributed by atoms with Crippen LogP contribution in [0.1, 0.15) is 25.6 Å². The molecule has 2 rings (SSSR count). The Labute approximate surface area is 108 Å². The predicted molar refractivity (Wildman–Crippen MR) is 67.5 cm³/mol. The van der Waals surface area contributed by atoms with Crippen molar-refractivity contribution in [1.29, 1.82) is 0 Å². The molecular formula is C10H14N6OS. The Morgan fingerprint density at radius 3 is 2.67 bits per heavy atom. The topological polar surface area (TPSA) is 117 Å². The minimum absolute atomic E-state index is 0.390. The molecule has 0 atom stereocenters. The molecule has 0 spiro atoms. The van der Waals surface area contributed by atoms with E-state index < -0.39 is 5.54 Å². The van der Waals surface area contributed by atoms with Gasteiger partial charge in [-0.25, -0.2) is 9.97 Å². The van der Waals surface area contributed by atoms with Crippen LogP contribution in [-0.2, 0) is 11.3 Å². The molecule has 0 amide bonds. The molecule has 2 aromatic heterocycles. The van der Waals surface area contributed by atoms with E-state index in [4.69, 9.17) is 16.0 Å². The lowest BCUT2D eigenvalue weighted by atomic mass is 10.1. The number of hydrogen-bond acceptors (Lipinski definition) is 8. The second-order valence-electron chi connectivity index (χ2n) is 4.27. The monoisotopic (exact) mass is 266 g/mol. The van der Waals surface area contributed by atoms with Crippen molar-refractivity contribution in [2.75, 3.05) is 5.73 Å². The maximum absolute atomic E-state index is 5.87. The van der Waals surface area contributed by atoms with Crippen molar-refractivity contribution >= 4 is 17.6 Å². The van der Waals surface area contributed by atoms with Crippen LogP contribution >= 0.6 is 11.8 Å². The highest BCUT2D eigenvalue weighted by atomic mass is 32.2. The molecule has 0 bridgehead atoms. The second-order valence-corrected chi connectivity index (χ2v) is 5.23. The van der Waals surface area contributed by atoms with Gasteiger partial charge < -0.3 is 16.0 Å². The fraction of sp³-hybridized carbons (Fsp3) is 0.400. The SMILES string of the molecule is CC(C)(N)c1noc(CSc2nccnc2N)n1. The fourth-order valence-electron chi connectivity index (χ4n) is 1.15. The molecule has 8 heteroatoms. The minimum atomic E-state index is -0.613. The van der Waals surface area contributed by atoms with Gasteiger partial charge in [-0.1, -0.05) is 16.9 Å². The number of nitrogens with two attached hydrogens (primary N) is 2. The Hall–Kier alpha value is -1.67. The summed E-state index contributed by atoms with van der Waals surface area (Å²) in [5, 5.41) is 4.47. The maximum Gasteiger partial charge on any atom is 0.237 e. The van der Waals surface area contributed by atoms with Crippen LogP contribution in [0.2, 0.25) is 0 Å². The van der Waals surface area contributed by atoms with Crippen LogP contribution in [0.4, 0.5) is 5.82 Å². The quantitative estimate of drug-likeness (QED) is 0.785. The van der Waals surface area contributed by atoms with E-state index in [-0.39, 0.29) is 0 Å². The molecule has 2 heterocycles. The molecule has 0 saturated carbocycles. The van der Waals surface area contributed by atoms with Gasteiger partial charge in [-0.3, -0.25) is 0 Å². The zero-order valence-corrected chi connectivity index (χ0v) is 10.9. The van der Waals surface area contributed by atoms with Gasteiger partial charge in [0.05, 0.1) is 11.3 Å². The van der Waals surface area contributed by atoms with Crippen molar-refractivity contribution < 1.29 is 4.52 Å². The molecule has 96 valence electrons. The third kappa shape index (κ3) is 2.96. The average Bonchev–Trinajstić information content (AvgIpc) is 2.76. The number of nitrogens with zero attached hydrogens (tertiary/aromatic N) is 4. The van der Waals surface area contributed by atoms with Gasteiger partial charge in [-0.2, -0.15) is 4.98 Å². The molecule has 0 saturated heterocycles. The van der Waals surface area contributed by atoms with Crippen LogP contribution < -0.4 is 11.5 Å². The first kappa shape index (κ1) is 12.8. The van der Waals surface area contributed by atoms with Crippen molar-refractivity contribution in [3.8, 4) is 0 Å². The Morgan fingerprint density at radius 1 is 1.33 bits per heavy atom. The minimum Gasteiger partial charge on any atom is -0.381 e. The molecule has 4 N–H and O–H groups in total. The van der Waals surface area contributed by atoms with Gasteiger partial charge in [0.25, 0.3) is 0 Å². The third-order valence-corrected chi connectivity index (χ3v) is 3.05. The molecular weight excluding hydrogens is 252 g/mol. The van der Waals surface area contributed by atoms with Crippen molar-refractivity contribution in [2.24, 2.45) is 5.73 Å². The van der Waals surface area contributed by atoms with Gasteiger partial charge in [0, 0.05) is 12.4 Å². The smallest absolute Gasteiger partial charge is 0.237 e. The highest BCUT2D eigenvalue weighted by Gasteiger charge is 2.21. The van der Waals surface area contributed by atoms with E-state index in [9.17, 15) is 0 Å². The molecule has 0 unspecified atom stereocenters. The number of hydrogen-bond donors (Lipinski definition) is 2. The van der Waals surface area contributed by atoms with Gasteiger partial charge in [-0.15, -0.1) is 0 Å². The van der Waals surface area contributed by atoms with Crippen LogP contribution in [0, 0.1) is 0 Å². The van der Waals surface area contributed by atoms with Crippen LogP contribution in [0.15, 0.2) is 21.9 Å². The second kappa shape index (κ2) is 4.91. The third-order valence-electron chi connectivity index (χ3n) is 2.07. The lowest BCUT2D eigenvalue weighted by Gasteiger charge is -2.11. The zero-order chi connectivity index (χ0) is 13.2. The van der Waals surface area contributed by atoms with Crippen molar-refractivity contribution in [3.63, 3.8) is 0 Å². The summed E-state index contributed by atoms with van der Waals surface area (Å²) >= 11 is 1.39. The molecule has 0 aliphatic carbocycles. The van der Waals surface area contributed by atoms with E-state index in [0.717, 1.165) is 0 Å². The molecule has 0 aromatic carbocycles. The van der Waals surface area contributed by atoms with Crippen molar-refractivity contribution in [2.45, 2.75) is 30.2 Å². The maximum atomic E-state index is 5.87. The molecule has 0 radical (unpaired) electrons. The normalized spacial score (nSPS) is 11.7. The predicted octanol–water partition coefficient (Wildman–Crippen LogP) is 0.928. The summed E-state index contributed by atoms with van der Waals surface area (Å²) < 4.78 is 5.10. The molecule has 0 aliphatic rings. The Balaban J connectivity index is 2.03. The number of thioether (sulfide) groups is 1. The fourth-order valence-corrected chi connectivity index (χ4v) is 1.87. The first-order valence-corrected chi connectivity index (χ1v) is 6.26. The Kier molecular flexibility index (Phi) is 3.48. The number of anilines is 1. The molecule has 0 fully saturated rings. The molecule has 18 heavy (non-hydrogen) atoms. The van der Waals surface area contributed by atoms with Gasteiger partial charge >= 0.3 is 0 Å². The van der Waals surface area contributed by atoms with E-state index in [1.165, 1.54) is 11.8 Å². The standard InChI is InChI=1S/C10H14N6OS/c1-10(2,12)9-15-6(17-16-9)5-18-8-7(11)13-3-4-14-8/h3-4H,5,12H2,1-2H3,(H2,11,13). The molecule has 0 aliphatic heterocycles. The summed E-state index contributed by atoms with van der Waals surface area (Å²) in [6.07, 6.45) is 3.13. The van der Waals surface area contributed by atoms with Gasteiger partial charge in [0.2, 0.25) is 5.89 Å². The van der Waals surface area contributed by atoms with E-state index in [1.807, 2.05) is 13.8 Å². The van der Waals surface area contributed by atoms with Crippen LogP contribution in [0.25, 0.3) is 0 Å². The van der Waals surface area contributed by atoms with E-state index in [1.54, 1.807) is 12.4 Å². The number of aromatic nitrogens is 4. The summed E-state index contributed by atoms with van der Waals surface area (Å²) in [4.78, 5) is 12.3. The van der Waals surface area contributed by atoms with Gasteiger partial charge in [-0.05, 0) is 13.8 Å². The summed E-state index contributed by atoms with van der Waals surface area (Å²) in [5.74, 6) is 1.83. The van der Waals surface area contributed by atoms with Crippen LogP contribution in [0.3, 0.4) is 0 Å². The Bertz CT molecular complexity index is 535. The average molecular weight is 266 g/mol. The lowest BCUT2D eigenvalue weighted by molar-refractivity contribution is 0.370. The van der Waals surface area contributed by atoms with E-state index in [2.05, 4.69) is 20.1 Å². The zero-order valence-electron chi connectivity index (χ0n) is 10.1. The highest BCUT2D eigenvalue weighted by Crippen LogP contribution is 2.24. The van der Waals surface area contributed by atoms with Crippen molar-refractivity contribution in [1.82, 2.24) is 20.1 Å².